The monoisotopic (exact) mass is 538 g/mol. The number of methoxy groups -OCH3 is 2. The summed E-state index contributed by atoms with van der Waals surface area (Å²) in [6.45, 7) is -0.0503. The topological polar surface area (TPSA) is 223 Å². The van der Waals surface area contributed by atoms with Crippen LogP contribution in [0.5, 0.6) is 5.75 Å². The lowest BCUT2D eigenvalue weighted by Gasteiger charge is -2.20. The first-order chi connectivity index (χ1) is 18.6. The van der Waals surface area contributed by atoms with Crippen molar-refractivity contribution in [3.05, 3.63) is 35.8 Å². The highest BCUT2D eigenvalue weighted by Gasteiger charge is 2.30. The van der Waals surface area contributed by atoms with Crippen LogP contribution in [-0.4, -0.2) is 76.3 Å². The van der Waals surface area contributed by atoms with Gasteiger partial charge in [-0.25, -0.2) is 4.79 Å². The molecule has 1 fully saturated rings. The average Bonchev–Trinajstić information content (AvgIpc) is 3.64. The van der Waals surface area contributed by atoms with Crippen LogP contribution >= 0.6 is 0 Å². The maximum atomic E-state index is 12.7. The van der Waals surface area contributed by atoms with E-state index >= 15 is 0 Å². The molecule has 1 aliphatic rings. The van der Waals surface area contributed by atoms with Crippen LogP contribution in [0, 0.1) is 5.92 Å². The van der Waals surface area contributed by atoms with Gasteiger partial charge in [0.05, 0.1) is 37.7 Å². The molecule has 0 spiro atoms. The minimum atomic E-state index is -3.02. The first-order valence-corrected chi connectivity index (χ1v) is 11.4. The zero-order valence-corrected chi connectivity index (χ0v) is 20.7. The standard InChI is InChI=1S/C22H23BN8O8/c1-37-17-11(20-27-15(31-39-20)9-24-21(34)38-2)4-3-5-12(17)25-13-8-14(26-18(32)10-6-7-10)29-30-16(13)19(33)28-22(23,35)36/h3-5,8,10,35-36H,6-7,9H2,1-2H3,(H,24,34)(H,28,33)(H2,25,26,29,32). The van der Waals surface area contributed by atoms with Crippen molar-refractivity contribution in [2.45, 2.75) is 25.2 Å². The summed E-state index contributed by atoms with van der Waals surface area (Å²) >= 11 is 0. The first-order valence-electron chi connectivity index (χ1n) is 11.4. The normalized spacial score (nSPS) is 12.8. The first kappa shape index (κ1) is 27.3. The van der Waals surface area contributed by atoms with Crippen LogP contribution in [0.15, 0.2) is 28.8 Å². The molecule has 202 valence electrons. The van der Waals surface area contributed by atoms with E-state index in [-0.39, 0.29) is 53.0 Å². The minimum Gasteiger partial charge on any atom is -0.494 e. The fraction of sp³-hybridized carbons (Fsp3) is 0.318. The van der Waals surface area contributed by atoms with Crippen molar-refractivity contribution in [1.82, 2.24) is 31.0 Å². The molecule has 3 amide bonds. The zero-order chi connectivity index (χ0) is 28.2. The summed E-state index contributed by atoms with van der Waals surface area (Å²) in [5.41, 5.74) is 0.304. The smallest absolute Gasteiger partial charge is 0.407 e. The fourth-order valence-corrected chi connectivity index (χ4v) is 3.34. The number of aromatic nitrogens is 4. The molecule has 2 heterocycles. The van der Waals surface area contributed by atoms with Crippen LogP contribution in [0.4, 0.5) is 22.0 Å². The summed E-state index contributed by atoms with van der Waals surface area (Å²) in [4.78, 5) is 40.4. The molecular weight excluding hydrogens is 515 g/mol. The maximum Gasteiger partial charge on any atom is 0.407 e. The number of carbonyl (C=O) groups is 3. The third-order valence-corrected chi connectivity index (χ3v) is 5.27. The predicted molar refractivity (Wildman–Crippen MR) is 133 cm³/mol. The summed E-state index contributed by atoms with van der Waals surface area (Å²) < 4.78 is 15.4. The molecule has 39 heavy (non-hydrogen) atoms. The molecule has 0 atom stereocenters. The number of aliphatic hydroxyl groups is 2. The number of para-hydroxylation sites is 1. The second-order valence-corrected chi connectivity index (χ2v) is 8.31. The van der Waals surface area contributed by atoms with Crippen molar-refractivity contribution in [3.8, 4) is 17.2 Å². The molecule has 2 aromatic heterocycles. The number of ether oxygens (including phenoxy) is 2. The Labute approximate surface area is 221 Å². The largest absolute Gasteiger partial charge is 0.494 e. The van der Waals surface area contributed by atoms with Gasteiger partial charge in [0.2, 0.25) is 5.91 Å². The summed E-state index contributed by atoms with van der Waals surface area (Å²) in [7, 11) is 7.68. The zero-order valence-electron chi connectivity index (χ0n) is 20.7. The van der Waals surface area contributed by atoms with E-state index in [2.05, 4.69) is 41.0 Å². The molecule has 2 radical (unpaired) electrons. The molecule has 0 aliphatic heterocycles. The van der Waals surface area contributed by atoms with Gasteiger partial charge in [-0.3, -0.25) is 9.59 Å². The van der Waals surface area contributed by atoms with Crippen LogP contribution in [0.1, 0.15) is 29.2 Å². The third kappa shape index (κ3) is 6.96. The highest BCUT2D eigenvalue weighted by molar-refractivity contribution is 6.15. The average molecular weight is 538 g/mol. The molecular formula is C22H23BN8O8. The van der Waals surface area contributed by atoms with E-state index in [0.29, 0.717) is 11.3 Å². The number of nitrogens with one attached hydrogen (secondary N) is 4. The van der Waals surface area contributed by atoms with E-state index in [4.69, 9.17) is 17.1 Å². The quantitative estimate of drug-likeness (QED) is 0.148. The number of carbonyl (C=O) groups excluding carboxylic acids is 3. The minimum absolute atomic E-state index is 0.0155. The van der Waals surface area contributed by atoms with Crippen molar-refractivity contribution in [2.75, 3.05) is 24.9 Å². The van der Waals surface area contributed by atoms with Gasteiger partial charge in [0, 0.05) is 12.0 Å². The fourth-order valence-electron chi connectivity index (χ4n) is 3.34. The number of hydrogen-bond acceptors (Lipinski definition) is 13. The van der Waals surface area contributed by atoms with Crippen molar-refractivity contribution in [3.63, 3.8) is 0 Å². The maximum absolute atomic E-state index is 12.7. The highest BCUT2D eigenvalue weighted by Crippen LogP contribution is 2.38. The van der Waals surface area contributed by atoms with Crippen molar-refractivity contribution in [1.29, 1.82) is 0 Å². The van der Waals surface area contributed by atoms with E-state index in [0.717, 1.165) is 12.8 Å². The number of nitrogens with zero attached hydrogens (tertiary/aromatic N) is 4. The summed E-state index contributed by atoms with van der Waals surface area (Å²) in [5, 5.41) is 40.1. The van der Waals surface area contributed by atoms with E-state index in [1.54, 1.807) is 23.5 Å². The Hall–Kier alpha value is -4.77. The summed E-state index contributed by atoms with van der Waals surface area (Å²) in [5.74, 6) is -3.96. The number of hydrogen-bond donors (Lipinski definition) is 6. The molecule has 0 unspecified atom stereocenters. The number of amides is 3. The van der Waals surface area contributed by atoms with Crippen LogP contribution < -0.4 is 26.0 Å². The molecule has 1 aliphatic carbocycles. The summed E-state index contributed by atoms with van der Waals surface area (Å²) in [6.07, 6.45) is 0.852. The molecule has 0 saturated heterocycles. The van der Waals surface area contributed by atoms with Crippen molar-refractivity contribution in [2.24, 2.45) is 5.92 Å². The van der Waals surface area contributed by atoms with E-state index in [9.17, 15) is 24.6 Å². The lowest BCUT2D eigenvalue weighted by molar-refractivity contribution is -0.117. The number of rotatable bonds is 10. The van der Waals surface area contributed by atoms with E-state index in [1.807, 2.05) is 0 Å². The Balaban J connectivity index is 1.66. The van der Waals surface area contributed by atoms with Gasteiger partial charge in [-0.1, -0.05) is 11.2 Å². The molecule has 17 heteroatoms. The molecule has 16 nitrogen and oxygen atoms in total. The van der Waals surface area contributed by atoms with Gasteiger partial charge >= 0.3 is 6.09 Å². The van der Waals surface area contributed by atoms with E-state index in [1.165, 1.54) is 20.3 Å². The van der Waals surface area contributed by atoms with Gasteiger partial charge in [0.15, 0.2) is 36.7 Å². The van der Waals surface area contributed by atoms with Crippen LogP contribution in [0.25, 0.3) is 11.5 Å². The Morgan fingerprint density at radius 3 is 2.62 bits per heavy atom. The third-order valence-electron chi connectivity index (χ3n) is 5.27. The summed E-state index contributed by atoms with van der Waals surface area (Å²) in [6, 6.07) is 6.21. The van der Waals surface area contributed by atoms with Crippen LogP contribution in [0.3, 0.4) is 0 Å². The molecule has 1 aromatic carbocycles. The Morgan fingerprint density at radius 1 is 1.18 bits per heavy atom. The van der Waals surface area contributed by atoms with Gasteiger partial charge in [0.25, 0.3) is 11.8 Å². The lowest BCUT2D eigenvalue weighted by Crippen LogP contribution is -2.49. The second-order valence-electron chi connectivity index (χ2n) is 8.31. The molecule has 4 rings (SSSR count). The SMILES string of the molecule is [B]C(O)(O)NC(=O)c1nnc(NC(=O)C2CC2)cc1Nc1cccc(-c2nc(CNC(=O)OC)no2)c1OC. The molecule has 6 N–H and O–H groups in total. The Kier molecular flexibility index (Phi) is 7.92. The van der Waals surface area contributed by atoms with Gasteiger partial charge in [-0.05, 0) is 25.0 Å². The molecule has 0 bridgehead atoms. The second kappa shape index (κ2) is 11.3. The Bertz CT molecular complexity index is 1390. The number of benzene rings is 1. The number of alkyl carbamates (subject to hydrolysis) is 1. The van der Waals surface area contributed by atoms with Gasteiger partial charge < -0.3 is 45.5 Å². The molecule has 3 aromatic rings. The lowest BCUT2D eigenvalue weighted by atomic mass is 10.0. The van der Waals surface area contributed by atoms with Crippen LogP contribution in [0.2, 0.25) is 0 Å². The van der Waals surface area contributed by atoms with E-state index < -0.39 is 17.8 Å². The number of anilines is 3. The molecule has 1 saturated carbocycles. The van der Waals surface area contributed by atoms with Gasteiger partial charge in [-0.15, -0.1) is 10.2 Å². The van der Waals surface area contributed by atoms with Gasteiger partial charge in [0.1, 0.15) is 0 Å². The predicted octanol–water partition coefficient (Wildman–Crippen LogP) is -0.0225. The Morgan fingerprint density at radius 2 is 1.95 bits per heavy atom. The highest BCUT2D eigenvalue weighted by atomic mass is 16.5. The van der Waals surface area contributed by atoms with Crippen LogP contribution in [-0.2, 0) is 16.1 Å². The van der Waals surface area contributed by atoms with Crippen molar-refractivity contribution >= 4 is 42.9 Å². The van der Waals surface area contributed by atoms with Gasteiger partial charge in [-0.2, -0.15) is 4.98 Å². The van der Waals surface area contributed by atoms with Crippen molar-refractivity contribution < 1.29 is 38.6 Å².